The van der Waals surface area contributed by atoms with Crippen LogP contribution in [0, 0.1) is 5.41 Å². The Balaban J connectivity index is 1.73. The first-order chi connectivity index (χ1) is 9.51. The van der Waals surface area contributed by atoms with Gasteiger partial charge in [-0.15, -0.1) is 0 Å². The Morgan fingerprint density at radius 2 is 2.20 bits per heavy atom. The van der Waals surface area contributed by atoms with Crippen molar-refractivity contribution >= 4 is 29.0 Å². The summed E-state index contributed by atoms with van der Waals surface area (Å²) in [5.74, 6) is 0.183. The number of urea groups is 1. The van der Waals surface area contributed by atoms with E-state index in [-0.39, 0.29) is 17.4 Å². The fourth-order valence-electron chi connectivity index (χ4n) is 3.20. The van der Waals surface area contributed by atoms with Gasteiger partial charge in [0.25, 0.3) is 0 Å². The molecule has 0 aliphatic carbocycles. The Bertz CT molecular complexity index is 529. The van der Waals surface area contributed by atoms with Crippen LogP contribution >= 0.6 is 11.3 Å². The van der Waals surface area contributed by atoms with Gasteiger partial charge in [-0.2, -0.15) is 11.3 Å². The van der Waals surface area contributed by atoms with Crippen LogP contribution in [-0.2, 0) is 4.79 Å². The number of anilines is 1. The van der Waals surface area contributed by atoms with Gasteiger partial charge in [-0.25, -0.2) is 4.79 Å². The van der Waals surface area contributed by atoms with Crippen LogP contribution in [-0.4, -0.2) is 55.5 Å². The van der Waals surface area contributed by atoms with Crippen LogP contribution in [0.5, 0.6) is 0 Å². The van der Waals surface area contributed by atoms with E-state index in [1.165, 1.54) is 0 Å². The van der Waals surface area contributed by atoms with Crippen LogP contribution in [0.15, 0.2) is 16.8 Å². The van der Waals surface area contributed by atoms with Crippen molar-refractivity contribution in [1.82, 2.24) is 9.80 Å². The predicted molar refractivity (Wildman–Crippen MR) is 79.0 cm³/mol. The first-order valence-electron chi connectivity index (χ1n) is 6.80. The van der Waals surface area contributed by atoms with Crippen LogP contribution in [0.3, 0.4) is 0 Å². The molecule has 1 spiro atoms. The molecule has 6 heteroatoms. The zero-order valence-electron chi connectivity index (χ0n) is 11.8. The molecular formula is C14H19N3O2S. The molecule has 2 saturated heterocycles. The van der Waals surface area contributed by atoms with E-state index in [0.717, 1.165) is 25.2 Å². The van der Waals surface area contributed by atoms with Crippen molar-refractivity contribution in [1.29, 1.82) is 0 Å². The number of nitrogens with zero attached hydrogens (tertiary/aromatic N) is 3. The van der Waals surface area contributed by atoms with Crippen LogP contribution in [0.2, 0.25) is 0 Å². The summed E-state index contributed by atoms with van der Waals surface area (Å²) in [6.07, 6.45) is 1.47. The van der Waals surface area contributed by atoms with E-state index in [0.29, 0.717) is 13.0 Å². The van der Waals surface area contributed by atoms with Gasteiger partial charge in [0.1, 0.15) is 0 Å². The maximum absolute atomic E-state index is 12.3. The first-order valence-corrected chi connectivity index (χ1v) is 7.74. The molecule has 0 unspecified atom stereocenters. The number of carbonyl (C=O) groups is 2. The summed E-state index contributed by atoms with van der Waals surface area (Å²) in [4.78, 5) is 29.6. The number of rotatable bonds is 1. The van der Waals surface area contributed by atoms with Crippen molar-refractivity contribution in [2.75, 3.05) is 38.6 Å². The Labute approximate surface area is 122 Å². The molecule has 1 atom stereocenters. The molecule has 2 fully saturated rings. The van der Waals surface area contributed by atoms with Gasteiger partial charge in [-0.3, -0.25) is 4.79 Å². The monoisotopic (exact) mass is 293 g/mol. The molecule has 5 nitrogen and oxygen atoms in total. The van der Waals surface area contributed by atoms with Gasteiger partial charge in [-0.1, -0.05) is 0 Å². The second-order valence-corrected chi connectivity index (χ2v) is 6.77. The fraction of sp³-hybridized carbons (Fsp3) is 0.571. The number of thiophene rings is 1. The standard InChI is InChI=1S/C14H19N3O2S/c1-15(2)13(19)16-5-4-14(9-16)7-12(18)17(10-14)11-3-6-20-8-11/h3,6,8H,4-5,7,9-10H2,1-2H3/t14-/m1/s1. The molecular weight excluding hydrogens is 274 g/mol. The second kappa shape index (κ2) is 4.77. The number of carbonyl (C=O) groups excluding carboxylic acids is 2. The van der Waals surface area contributed by atoms with Gasteiger partial charge < -0.3 is 14.7 Å². The lowest BCUT2D eigenvalue weighted by molar-refractivity contribution is -0.117. The van der Waals surface area contributed by atoms with Crippen LogP contribution in [0.25, 0.3) is 0 Å². The molecule has 0 aromatic carbocycles. The van der Waals surface area contributed by atoms with E-state index >= 15 is 0 Å². The molecule has 2 aliphatic rings. The molecule has 108 valence electrons. The molecule has 1 aromatic rings. The summed E-state index contributed by atoms with van der Waals surface area (Å²) < 4.78 is 0. The van der Waals surface area contributed by atoms with E-state index < -0.39 is 0 Å². The van der Waals surface area contributed by atoms with Crippen LogP contribution in [0.1, 0.15) is 12.8 Å². The molecule has 0 radical (unpaired) electrons. The lowest BCUT2D eigenvalue weighted by atomic mass is 9.86. The Kier molecular flexibility index (Phi) is 3.20. The largest absolute Gasteiger partial charge is 0.331 e. The average molecular weight is 293 g/mol. The number of likely N-dealkylation sites (tertiary alicyclic amines) is 1. The third kappa shape index (κ3) is 2.18. The maximum Gasteiger partial charge on any atom is 0.319 e. The van der Waals surface area contributed by atoms with Gasteiger partial charge in [0.05, 0.1) is 5.69 Å². The molecule has 2 aliphatic heterocycles. The van der Waals surface area contributed by atoms with E-state index in [2.05, 4.69) is 0 Å². The first kappa shape index (κ1) is 13.4. The van der Waals surface area contributed by atoms with Gasteiger partial charge >= 0.3 is 6.03 Å². The summed E-state index contributed by atoms with van der Waals surface area (Å²) >= 11 is 1.60. The second-order valence-electron chi connectivity index (χ2n) is 5.99. The average Bonchev–Trinajstić information content (AvgIpc) is 3.10. The molecule has 20 heavy (non-hydrogen) atoms. The molecule has 0 N–H and O–H groups in total. The minimum atomic E-state index is -0.0509. The van der Waals surface area contributed by atoms with Gasteiger partial charge in [0.15, 0.2) is 0 Å². The van der Waals surface area contributed by atoms with Crippen molar-refractivity contribution in [3.05, 3.63) is 16.8 Å². The van der Waals surface area contributed by atoms with E-state index in [1.807, 2.05) is 26.6 Å². The summed E-state index contributed by atoms with van der Waals surface area (Å²) in [7, 11) is 3.54. The summed E-state index contributed by atoms with van der Waals surface area (Å²) in [6.45, 7) is 2.18. The predicted octanol–water partition coefficient (Wildman–Crippen LogP) is 1.86. The highest BCUT2D eigenvalue weighted by Crippen LogP contribution is 2.42. The van der Waals surface area contributed by atoms with Crippen LogP contribution < -0.4 is 4.90 Å². The smallest absolute Gasteiger partial charge is 0.319 e. The molecule has 3 rings (SSSR count). The summed E-state index contributed by atoms with van der Waals surface area (Å²) in [5, 5.41) is 4.00. The highest BCUT2D eigenvalue weighted by atomic mass is 32.1. The molecule has 1 aromatic heterocycles. The lowest BCUT2D eigenvalue weighted by Crippen LogP contribution is -2.39. The Morgan fingerprint density at radius 3 is 2.85 bits per heavy atom. The number of amides is 3. The van der Waals surface area contributed by atoms with Crippen molar-refractivity contribution in [3.8, 4) is 0 Å². The van der Waals surface area contributed by atoms with Crippen molar-refractivity contribution in [2.45, 2.75) is 12.8 Å². The SMILES string of the molecule is CN(C)C(=O)N1CC[C@@]2(CC(=O)N(c3ccsc3)C2)C1. The van der Waals surface area contributed by atoms with Crippen LogP contribution in [0.4, 0.5) is 10.5 Å². The van der Waals surface area contributed by atoms with Crippen molar-refractivity contribution < 1.29 is 9.59 Å². The van der Waals surface area contributed by atoms with Crippen molar-refractivity contribution in [2.24, 2.45) is 5.41 Å². The molecule has 0 saturated carbocycles. The van der Waals surface area contributed by atoms with Gasteiger partial charge in [0, 0.05) is 50.9 Å². The minimum absolute atomic E-state index is 0.0447. The molecule has 3 amide bonds. The highest BCUT2D eigenvalue weighted by molar-refractivity contribution is 7.08. The maximum atomic E-state index is 12.3. The summed E-state index contributed by atoms with van der Waals surface area (Å²) in [6, 6.07) is 2.03. The van der Waals surface area contributed by atoms with Gasteiger partial charge in [-0.05, 0) is 17.9 Å². The van der Waals surface area contributed by atoms with E-state index in [1.54, 1.807) is 30.3 Å². The summed E-state index contributed by atoms with van der Waals surface area (Å²) in [5.41, 5.74) is 0.944. The fourth-order valence-corrected chi connectivity index (χ4v) is 3.84. The highest BCUT2D eigenvalue weighted by Gasteiger charge is 2.49. The minimum Gasteiger partial charge on any atom is -0.331 e. The molecule has 0 bridgehead atoms. The zero-order valence-corrected chi connectivity index (χ0v) is 12.7. The Morgan fingerprint density at radius 1 is 1.40 bits per heavy atom. The third-order valence-corrected chi connectivity index (χ3v) is 4.90. The number of hydrogen-bond donors (Lipinski definition) is 0. The third-order valence-electron chi connectivity index (χ3n) is 4.23. The quantitative estimate of drug-likeness (QED) is 0.793. The zero-order chi connectivity index (χ0) is 14.3. The molecule has 3 heterocycles. The van der Waals surface area contributed by atoms with E-state index in [9.17, 15) is 9.59 Å². The Hall–Kier alpha value is -1.56. The van der Waals surface area contributed by atoms with Gasteiger partial charge in [0.2, 0.25) is 5.91 Å². The van der Waals surface area contributed by atoms with E-state index in [4.69, 9.17) is 0 Å². The van der Waals surface area contributed by atoms with Crippen molar-refractivity contribution in [3.63, 3.8) is 0 Å². The normalized spacial score (nSPS) is 25.8. The lowest BCUT2D eigenvalue weighted by Gasteiger charge is -2.25. The number of hydrogen-bond acceptors (Lipinski definition) is 3. The topological polar surface area (TPSA) is 43.9 Å².